The van der Waals surface area contributed by atoms with Crippen molar-refractivity contribution in [3.63, 3.8) is 0 Å². The van der Waals surface area contributed by atoms with Gasteiger partial charge in [-0.15, -0.1) is 11.8 Å². The summed E-state index contributed by atoms with van der Waals surface area (Å²) >= 11 is 1.91. The van der Waals surface area contributed by atoms with Gasteiger partial charge in [-0.25, -0.2) is 9.97 Å². The molecule has 1 atom stereocenters. The number of fused-ring (bicyclic) bond motifs is 3. The molecule has 0 aliphatic carbocycles. The van der Waals surface area contributed by atoms with Gasteiger partial charge in [0.2, 0.25) is 0 Å². The Morgan fingerprint density at radius 3 is 2.71 bits per heavy atom. The van der Waals surface area contributed by atoms with Crippen molar-refractivity contribution in [2.75, 3.05) is 30.4 Å². The Balaban J connectivity index is 2.09. The predicted molar refractivity (Wildman–Crippen MR) is 87.5 cm³/mol. The highest BCUT2D eigenvalue weighted by atomic mass is 32.2. The lowest BCUT2D eigenvalue weighted by Gasteiger charge is -2.37. The van der Waals surface area contributed by atoms with Gasteiger partial charge in [0.05, 0.1) is 23.2 Å². The van der Waals surface area contributed by atoms with Crippen LogP contribution in [0, 0.1) is 0 Å². The van der Waals surface area contributed by atoms with Gasteiger partial charge in [-0.3, -0.25) is 0 Å². The SMILES string of the molecule is CC(C)c1nc(C(C)C)c2c(n1)N1CCCOCC1CS2. The van der Waals surface area contributed by atoms with Crippen molar-refractivity contribution >= 4 is 17.6 Å². The number of nitrogens with zero attached hydrogens (tertiary/aromatic N) is 3. The number of aromatic nitrogens is 2. The number of rotatable bonds is 2. The zero-order valence-electron chi connectivity index (χ0n) is 13.4. The van der Waals surface area contributed by atoms with Gasteiger partial charge in [0, 0.05) is 24.8 Å². The van der Waals surface area contributed by atoms with Crippen molar-refractivity contribution in [3.8, 4) is 0 Å². The normalized spacial score (nSPS) is 22.2. The highest BCUT2D eigenvalue weighted by Gasteiger charge is 2.32. The molecule has 2 aliphatic heterocycles. The Labute approximate surface area is 131 Å². The van der Waals surface area contributed by atoms with E-state index in [1.807, 2.05) is 11.8 Å². The van der Waals surface area contributed by atoms with Crippen molar-refractivity contribution in [1.82, 2.24) is 9.97 Å². The number of hydrogen-bond acceptors (Lipinski definition) is 5. The van der Waals surface area contributed by atoms with Gasteiger partial charge in [-0.2, -0.15) is 0 Å². The van der Waals surface area contributed by atoms with E-state index in [4.69, 9.17) is 14.7 Å². The lowest BCUT2D eigenvalue weighted by atomic mass is 10.1. The molecule has 1 saturated heterocycles. The minimum Gasteiger partial charge on any atom is -0.379 e. The Hall–Kier alpha value is -0.810. The van der Waals surface area contributed by atoms with Gasteiger partial charge >= 0.3 is 0 Å². The van der Waals surface area contributed by atoms with Crippen LogP contribution in [-0.2, 0) is 4.74 Å². The van der Waals surface area contributed by atoms with Crippen molar-refractivity contribution in [1.29, 1.82) is 0 Å². The summed E-state index contributed by atoms with van der Waals surface area (Å²) in [5.74, 6) is 4.01. The molecule has 0 spiro atoms. The molecule has 0 bridgehead atoms. The van der Waals surface area contributed by atoms with Crippen LogP contribution in [-0.4, -0.2) is 41.5 Å². The first-order chi connectivity index (χ1) is 10.1. The van der Waals surface area contributed by atoms with Gasteiger partial charge in [-0.1, -0.05) is 27.7 Å². The summed E-state index contributed by atoms with van der Waals surface area (Å²) in [6.07, 6.45) is 1.08. The maximum absolute atomic E-state index is 5.74. The Bertz CT molecular complexity index is 518. The second kappa shape index (κ2) is 6.13. The minimum atomic E-state index is 0.362. The van der Waals surface area contributed by atoms with Crippen LogP contribution in [0.25, 0.3) is 0 Å². The van der Waals surface area contributed by atoms with Crippen LogP contribution in [0.4, 0.5) is 5.82 Å². The fraction of sp³-hybridized carbons (Fsp3) is 0.750. The Morgan fingerprint density at radius 2 is 2.00 bits per heavy atom. The van der Waals surface area contributed by atoms with Crippen molar-refractivity contribution < 1.29 is 4.74 Å². The lowest BCUT2D eigenvalue weighted by molar-refractivity contribution is 0.138. The summed E-state index contributed by atoms with van der Waals surface area (Å²) in [7, 11) is 0. The first-order valence-corrected chi connectivity index (χ1v) is 8.95. The molecule has 21 heavy (non-hydrogen) atoms. The average Bonchev–Trinajstić information content (AvgIpc) is 2.70. The maximum Gasteiger partial charge on any atom is 0.146 e. The minimum absolute atomic E-state index is 0.362. The fourth-order valence-electron chi connectivity index (χ4n) is 2.88. The molecule has 1 aromatic heterocycles. The third kappa shape index (κ3) is 2.90. The van der Waals surface area contributed by atoms with Crippen LogP contribution >= 0.6 is 11.8 Å². The third-order valence-corrected chi connectivity index (χ3v) is 5.32. The van der Waals surface area contributed by atoms with E-state index in [0.717, 1.165) is 43.6 Å². The number of thioether (sulfide) groups is 1. The summed E-state index contributed by atoms with van der Waals surface area (Å²) in [4.78, 5) is 13.5. The van der Waals surface area contributed by atoms with Crippen LogP contribution in [0.15, 0.2) is 4.90 Å². The first kappa shape index (κ1) is 15.1. The molecule has 0 amide bonds. The molecule has 1 unspecified atom stereocenters. The number of anilines is 1. The van der Waals surface area contributed by atoms with Gasteiger partial charge in [0.25, 0.3) is 0 Å². The molecule has 3 heterocycles. The Kier molecular flexibility index (Phi) is 4.41. The predicted octanol–water partition coefficient (Wildman–Crippen LogP) is 3.42. The molecular weight excluding hydrogens is 282 g/mol. The fourth-order valence-corrected chi connectivity index (χ4v) is 4.24. The van der Waals surface area contributed by atoms with E-state index in [-0.39, 0.29) is 0 Å². The highest BCUT2D eigenvalue weighted by Crippen LogP contribution is 2.41. The highest BCUT2D eigenvalue weighted by molar-refractivity contribution is 7.99. The van der Waals surface area contributed by atoms with Gasteiger partial charge in [0.15, 0.2) is 0 Å². The Morgan fingerprint density at radius 1 is 1.19 bits per heavy atom. The van der Waals surface area contributed by atoms with Crippen LogP contribution < -0.4 is 4.90 Å². The number of ether oxygens (including phenoxy) is 1. The average molecular weight is 307 g/mol. The van der Waals surface area contributed by atoms with Crippen LogP contribution in [0.2, 0.25) is 0 Å². The largest absolute Gasteiger partial charge is 0.379 e. The van der Waals surface area contributed by atoms with E-state index < -0.39 is 0 Å². The van der Waals surface area contributed by atoms with Gasteiger partial charge in [-0.05, 0) is 12.3 Å². The van der Waals surface area contributed by atoms with E-state index >= 15 is 0 Å². The molecule has 5 heteroatoms. The quantitative estimate of drug-likeness (QED) is 0.837. The monoisotopic (exact) mass is 307 g/mol. The first-order valence-electron chi connectivity index (χ1n) is 7.97. The standard InChI is InChI=1S/C16H25N3OS/c1-10(2)13-14-16(18-15(17-13)11(3)4)19-6-5-7-20-8-12(19)9-21-14/h10-12H,5-9H2,1-4H3. The van der Waals surface area contributed by atoms with Gasteiger partial charge in [0.1, 0.15) is 11.6 Å². The summed E-state index contributed by atoms with van der Waals surface area (Å²) in [6, 6.07) is 0.458. The molecule has 0 radical (unpaired) electrons. The zero-order valence-corrected chi connectivity index (χ0v) is 14.2. The lowest BCUT2D eigenvalue weighted by Crippen LogP contribution is -2.43. The summed E-state index contributed by atoms with van der Waals surface area (Å²) < 4.78 is 5.74. The second-order valence-corrected chi connectivity index (χ2v) is 7.55. The molecule has 2 aliphatic rings. The molecule has 0 aromatic carbocycles. The number of hydrogen-bond donors (Lipinski definition) is 0. The molecule has 1 aromatic rings. The van der Waals surface area contributed by atoms with E-state index in [9.17, 15) is 0 Å². The van der Waals surface area contributed by atoms with Crippen LogP contribution in [0.1, 0.15) is 57.5 Å². The molecular formula is C16H25N3OS. The van der Waals surface area contributed by atoms with Crippen molar-refractivity contribution in [3.05, 3.63) is 11.5 Å². The molecule has 3 rings (SSSR count). The second-order valence-electron chi connectivity index (χ2n) is 6.52. The summed E-state index contributed by atoms with van der Waals surface area (Å²) in [6.45, 7) is 11.5. The zero-order chi connectivity index (χ0) is 15.0. The van der Waals surface area contributed by atoms with E-state index in [1.54, 1.807) is 0 Å². The topological polar surface area (TPSA) is 38.2 Å². The van der Waals surface area contributed by atoms with E-state index in [2.05, 4.69) is 32.6 Å². The van der Waals surface area contributed by atoms with E-state index in [0.29, 0.717) is 17.9 Å². The maximum atomic E-state index is 5.74. The smallest absolute Gasteiger partial charge is 0.146 e. The summed E-state index contributed by atoms with van der Waals surface area (Å²) in [5, 5.41) is 0. The third-order valence-electron chi connectivity index (χ3n) is 4.09. The van der Waals surface area contributed by atoms with Crippen molar-refractivity contribution in [2.45, 2.75) is 56.9 Å². The van der Waals surface area contributed by atoms with Crippen molar-refractivity contribution in [2.24, 2.45) is 0 Å². The van der Waals surface area contributed by atoms with E-state index in [1.165, 1.54) is 10.6 Å². The van der Waals surface area contributed by atoms with Gasteiger partial charge < -0.3 is 9.64 Å². The van der Waals surface area contributed by atoms with Crippen LogP contribution in [0.3, 0.4) is 0 Å². The summed E-state index contributed by atoms with van der Waals surface area (Å²) in [5.41, 5.74) is 1.22. The molecule has 4 nitrogen and oxygen atoms in total. The molecule has 0 saturated carbocycles. The van der Waals surface area contributed by atoms with Crippen LogP contribution in [0.5, 0.6) is 0 Å². The molecule has 0 N–H and O–H groups in total. The molecule has 1 fully saturated rings. The molecule has 116 valence electrons.